The van der Waals surface area contributed by atoms with Crippen LogP contribution in [0.15, 0.2) is 59.7 Å². The molecular formula is C20H20FN7O. The molecule has 3 aromatic rings. The Balaban J connectivity index is 1.57. The van der Waals surface area contributed by atoms with Crippen molar-refractivity contribution in [2.75, 3.05) is 41.9 Å². The highest BCUT2D eigenvalue weighted by Crippen LogP contribution is 2.18. The van der Waals surface area contributed by atoms with Crippen LogP contribution in [0.25, 0.3) is 0 Å². The molecular weight excluding hydrogens is 373 g/mol. The van der Waals surface area contributed by atoms with Crippen molar-refractivity contribution in [3.63, 3.8) is 0 Å². The fourth-order valence-electron chi connectivity index (χ4n) is 2.77. The van der Waals surface area contributed by atoms with E-state index in [1.807, 2.05) is 35.2 Å². The van der Waals surface area contributed by atoms with Crippen LogP contribution in [-0.2, 0) is 4.74 Å². The van der Waals surface area contributed by atoms with E-state index in [9.17, 15) is 4.39 Å². The summed E-state index contributed by atoms with van der Waals surface area (Å²) in [6.45, 7) is 2.60. The molecule has 1 saturated heterocycles. The summed E-state index contributed by atoms with van der Waals surface area (Å²) in [5, 5.41) is 7.24. The molecule has 0 atom stereocenters. The first-order valence-corrected chi connectivity index (χ1v) is 9.22. The lowest BCUT2D eigenvalue weighted by Crippen LogP contribution is -2.37. The van der Waals surface area contributed by atoms with E-state index in [-0.39, 0.29) is 11.8 Å². The molecule has 1 aliphatic heterocycles. The van der Waals surface area contributed by atoms with Crippen LogP contribution in [0.3, 0.4) is 0 Å². The van der Waals surface area contributed by atoms with Gasteiger partial charge in [0, 0.05) is 24.3 Å². The van der Waals surface area contributed by atoms with Crippen molar-refractivity contribution >= 4 is 29.7 Å². The van der Waals surface area contributed by atoms with Gasteiger partial charge in [0.25, 0.3) is 0 Å². The minimum atomic E-state index is -0.353. The quantitative estimate of drug-likeness (QED) is 0.492. The average Bonchev–Trinajstić information content (AvgIpc) is 2.76. The molecule has 148 valence electrons. The molecule has 0 saturated carbocycles. The molecule has 0 radical (unpaired) electrons. The smallest absolute Gasteiger partial charge is 0.250 e. The zero-order chi connectivity index (χ0) is 19.9. The third kappa shape index (κ3) is 5.02. The number of hydrazone groups is 1. The van der Waals surface area contributed by atoms with Gasteiger partial charge in [-0.15, -0.1) is 0 Å². The molecule has 2 heterocycles. The second-order valence-corrected chi connectivity index (χ2v) is 6.26. The third-order valence-corrected chi connectivity index (χ3v) is 4.22. The monoisotopic (exact) mass is 393 g/mol. The number of benzene rings is 2. The first kappa shape index (κ1) is 18.8. The van der Waals surface area contributed by atoms with Gasteiger partial charge in [0.2, 0.25) is 17.8 Å². The fraction of sp³-hybridized carbons (Fsp3) is 0.200. The van der Waals surface area contributed by atoms with Crippen LogP contribution >= 0.6 is 0 Å². The first-order chi connectivity index (χ1) is 14.3. The standard InChI is InChI=1S/C20H20FN7O/c21-17-9-5-4-6-15(17)14-22-27-19-24-18(23-16-7-2-1-3-8-16)25-20(26-19)28-10-12-29-13-11-28/h1-9,14H,10-13H2,(H2,23,24,25,26,27)/b22-14+. The van der Waals surface area contributed by atoms with E-state index in [1.165, 1.54) is 12.3 Å². The molecule has 0 aliphatic carbocycles. The van der Waals surface area contributed by atoms with Crippen LogP contribution in [0.5, 0.6) is 0 Å². The summed E-state index contributed by atoms with van der Waals surface area (Å²) >= 11 is 0. The van der Waals surface area contributed by atoms with Gasteiger partial charge in [-0.2, -0.15) is 20.1 Å². The molecule has 4 rings (SSSR count). The first-order valence-electron chi connectivity index (χ1n) is 9.22. The molecule has 0 unspecified atom stereocenters. The molecule has 0 spiro atoms. The van der Waals surface area contributed by atoms with Gasteiger partial charge in [0.15, 0.2) is 0 Å². The summed E-state index contributed by atoms with van der Waals surface area (Å²) in [7, 11) is 0. The van der Waals surface area contributed by atoms with Crippen molar-refractivity contribution < 1.29 is 9.13 Å². The Hall–Kier alpha value is -3.59. The topological polar surface area (TPSA) is 87.6 Å². The second-order valence-electron chi connectivity index (χ2n) is 6.26. The Bertz CT molecular complexity index is 978. The number of rotatable bonds is 6. The van der Waals surface area contributed by atoms with Crippen LogP contribution in [0.1, 0.15) is 5.56 Å². The highest BCUT2D eigenvalue weighted by molar-refractivity contribution is 5.80. The maximum atomic E-state index is 13.7. The number of morpholine rings is 1. The highest BCUT2D eigenvalue weighted by Gasteiger charge is 2.16. The predicted molar refractivity (Wildman–Crippen MR) is 110 cm³/mol. The molecule has 29 heavy (non-hydrogen) atoms. The van der Waals surface area contributed by atoms with E-state index < -0.39 is 0 Å². The predicted octanol–water partition coefficient (Wildman–Crippen LogP) is 3.04. The normalized spacial score (nSPS) is 14.2. The van der Waals surface area contributed by atoms with Crippen molar-refractivity contribution in [3.05, 3.63) is 66.0 Å². The molecule has 2 N–H and O–H groups in total. The molecule has 1 fully saturated rings. The largest absolute Gasteiger partial charge is 0.378 e. The molecule has 1 aromatic heterocycles. The van der Waals surface area contributed by atoms with Crippen molar-refractivity contribution in [1.29, 1.82) is 0 Å². The van der Waals surface area contributed by atoms with Crippen LogP contribution < -0.4 is 15.6 Å². The van der Waals surface area contributed by atoms with Crippen molar-refractivity contribution in [3.8, 4) is 0 Å². The van der Waals surface area contributed by atoms with E-state index >= 15 is 0 Å². The Morgan fingerprint density at radius 1 is 0.931 bits per heavy atom. The van der Waals surface area contributed by atoms with Crippen LogP contribution in [0.2, 0.25) is 0 Å². The van der Waals surface area contributed by atoms with Crippen molar-refractivity contribution in [1.82, 2.24) is 15.0 Å². The zero-order valence-electron chi connectivity index (χ0n) is 15.6. The summed E-state index contributed by atoms with van der Waals surface area (Å²) in [6.07, 6.45) is 1.39. The molecule has 1 aliphatic rings. The van der Waals surface area contributed by atoms with Gasteiger partial charge >= 0.3 is 0 Å². The number of anilines is 4. The minimum Gasteiger partial charge on any atom is -0.378 e. The van der Waals surface area contributed by atoms with Crippen molar-refractivity contribution in [2.45, 2.75) is 0 Å². The van der Waals surface area contributed by atoms with Gasteiger partial charge in [-0.05, 0) is 18.2 Å². The third-order valence-electron chi connectivity index (χ3n) is 4.22. The van der Waals surface area contributed by atoms with Crippen LogP contribution in [-0.4, -0.2) is 47.5 Å². The number of nitrogens with one attached hydrogen (secondary N) is 2. The fourth-order valence-corrected chi connectivity index (χ4v) is 2.77. The summed E-state index contributed by atoms with van der Waals surface area (Å²) in [5.41, 5.74) is 3.99. The van der Waals surface area contributed by atoms with Crippen LogP contribution in [0.4, 0.5) is 27.9 Å². The van der Waals surface area contributed by atoms with Crippen LogP contribution in [0, 0.1) is 5.82 Å². The summed E-state index contributed by atoms with van der Waals surface area (Å²) in [6, 6.07) is 16.0. The molecule has 8 nitrogen and oxygen atoms in total. The molecule has 9 heteroatoms. The Morgan fingerprint density at radius 3 is 2.45 bits per heavy atom. The lowest BCUT2D eigenvalue weighted by atomic mass is 10.2. The number of hydrogen-bond donors (Lipinski definition) is 2. The maximum Gasteiger partial charge on any atom is 0.250 e. The molecule has 0 amide bonds. The average molecular weight is 393 g/mol. The second kappa shape index (κ2) is 9.07. The summed E-state index contributed by atoms with van der Waals surface area (Å²) in [4.78, 5) is 15.3. The Labute approximate surface area is 167 Å². The zero-order valence-corrected chi connectivity index (χ0v) is 15.6. The summed E-state index contributed by atoms with van der Waals surface area (Å²) in [5.74, 6) is 0.809. The maximum absolute atomic E-state index is 13.7. The minimum absolute atomic E-state index is 0.257. The van der Waals surface area contributed by atoms with Gasteiger partial charge < -0.3 is 15.0 Å². The van der Waals surface area contributed by atoms with Gasteiger partial charge in [-0.3, -0.25) is 0 Å². The van der Waals surface area contributed by atoms with Gasteiger partial charge in [-0.25, -0.2) is 9.82 Å². The van der Waals surface area contributed by atoms with Gasteiger partial charge in [0.1, 0.15) is 5.82 Å². The number of aromatic nitrogens is 3. The number of ether oxygens (including phenoxy) is 1. The highest BCUT2D eigenvalue weighted by atomic mass is 19.1. The number of para-hydroxylation sites is 1. The number of hydrogen-bond acceptors (Lipinski definition) is 8. The summed E-state index contributed by atoms with van der Waals surface area (Å²) < 4.78 is 19.1. The van der Waals surface area contributed by atoms with Gasteiger partial charge in [0.05, 0.1) is 19.4 Å². The van der Waals surface area contributed by atoms with E-state index in [4.69, 9.17) is 4.74 Å². The Morgan fingerprint density at radius 2 is 1.66 bits per heavy atom. The lowest BCUT2D eigenvalue weighted by molar-refractivity contribution is 0.122. The molecule has 2 aromatic carbocycles. The Kier molecular flexibility index (Phi) is 5.87. The van der Waals surface area contributed by atoms with E-state index in [0.717, 1.165) is 5.69 Å². The van der Waals surface area contributed by atoms with E-state index in [0.29, 0.717) is 43.8 Å². The van der Waals surface area contributed by atoms with Crippen molar-refractivity contribution in [2.24, 2.45) is 5.10 Å². The van der Waals surface area contributed by atoms with E-state index in [1.54, 1.807) is 18.2 Å². The SMILES string of the molecule is Fc1ccccc1/C=N/Nc1nc(Nc2ccccc2)nc(N2CCOCC2)n1. The molecule has 0 bridgehead atoms. The van der Waals surface area contributed by atoms with Gasteiger partial charge in [-0.1, -0.05) is 36.4 Å². The van der Waals surface area contributed by atoms with E-state index in [2.05, 4.69) is 30.8 Å². The number of halogens is 1. The lowest BCUT2D eigenvalue weighted by Gasteiger charge is -2.27. The number of nitrogens with zero attached hydrogens (tertiary/aromatic N) is 5.